The molecule has 3 rings (SSSR count). The van der Waals surface area contributed by atoms with Crippen LogP contribution in [0.3, 0.4) is 0 Å². The number of hydrogen-bond acceptors (Lipinski definition) is 3. The van der Waals surface area contributed by atoms with Gasteiger partial charge in [0.1, 0.15) is 0 Å². The van der Waals surface area contributed by atoms with Gasteiger partial charge in [0.05, 0.1) is 17.3 Å². The lowest BCUT2D eigenvalue weighted by Gasteiger charge is -2.30. The van der Waals surface area contributed by atoms with Crippen molar-refractivity contribution in [2.75, 3.05) is 13.1 Å². The lowest BCUT2D eigenvalue weighted by Crippen LogP contribution is -2.36. The van der Waals surface area contributed by atoms with E-state index in [1.807, 2.05) is 24.4 Å². The van der Waals surface area contributed by atoms with Crippen molar-refractivity contribution in [1.82, 2.24) is 14.9 Å². The molecule has 1 aliphatic carbocycles. The van der Waals surface area contributed by atoms with E-state index in [0.29, 0.717) is 23.9 Å². The van der Waals surface area contributed by atoms with E-state index in [9.17, 15) is 4.79 Å². The number of amides is 1. The van der Waals surface area contributed by atoms with Gasteiger partial charge in [-0.05, 0) is 43.4 Å². The third kappa shape index (κ3) is 2.93. The standard InChI is InChI=1S/C16H22N4O/c17-9-12-5-1-2-6-13(12)10-18-16(21)14-11-19-20-8-4-3-7-15(14)20/h3-4,7-8,11-13H,1-2,5-6,9-10,17H2,(H,18,21). The number of hydrogen-bond donors (Lipinski definition) is 2. The van der Waals surface area contributed by atoms with E-state index in [4.69, 9.17) is 5.73 Å². The zero-order valence-corrected chi connectivity index (χ0v) is 12.2. The molecule has 21 heavy (non-hydrogen) atoms. The van der Waals surface area contributed by atoms with Gasteiger partial charge in [-0.25, -0.2) is 4.52 Å². The summed E-state index contributed by atoms with van der Waals surface area (Å²) in [5.41, 5.74) is 7.32. The van der Waals surface area contributed by atoms with Crippen molar-refractivity contribution in [3.63, 3.8) is 0 Å². The van der Waals surface area contributed by atoms with Crippen LogP contribution in [0.25, 0.3) is 5.52 Å². The highest BCUT2D eigenvalue weighted by Gasteiger charge is 2.24. The molecule has 0 spiro atoms. The maximum atomic E-state index is 12.4. The maximum absolute atomic E-state index is 12.4. The van der Waals surface area contributed by atoms with Gasteiger partial charge in [-0.2, -0.15) is 5.10 Å². The number of fused-ring (bicyclic) bond motifs is 1. The summed E-state index contributed by atoms with van der Waals surface area (Å²) in [5.74, 6) is 1.01. The van der Waals surface area contributed by atoms with Crippen molar-refractivity contribution >= 4 is 11.4 Å². The van der Waals surface area contributed by atoms with Gasteiger partial charge in [0.15, 0.2) is 0 Å². The minimum atomic E-state index is -0.0439. The van der Waals surface area contributed by atoms with Gasteiger partial charge >= 0.3 is 0 Å². The number of nitrogens with two attached hydrogens (primary N) is 1. The van der Waals surface area contributed by atoms with Crippen LogP contribution in [0, 0.1) is 11.8 Å². The number of pyridine rings is 1. The maximum Gasteiger partial charge on any atom is 0.255 e. The first-order chi connectivity index (χ1) is 10.3. The Morgan fingerprint density at radius 3 is 2.95 bits per heavy atom. The van der Waals surface area contributed by atoms with Crippen LogP contribution < -0.4 is 11.1 Å². The number of carbonyl (C=O) groups excluding carboxylic acids is 1. The third-order valence-corrected chi connectivity index (χ3v) is 4.57. The Labute approximate surface area is 124 Å². The highest BCUT2D eigenvalue weighted by Crippen LogP contribution is 2.28. The Hall–Kier alpha value is -1.88. The van der Waals surface area contributed by atoms with Crippen LogP contribution in [0.1, 0.15) is 36.0 Å². The van der Waals surface area contributed by atoms with E-state index >= 15 is 0 Å². The van der Waals surface area contributed by atoms with E-state index in [0.717, 1.165) is 18.5 Å². The smallest absolute Gasteiger partial charge is 0.255 e. The molecule has 5 nitrogen and oxygen atoms in total. The number of rotatable bonds is 4. The summed E-state index contributed by atoms with van der Waals surface area (Å²) < 4.78 is 1.72. The quantitative estimate of drug-likeness (QED) is 0.900. The van der Waals surface area contributed by atoms with E-state index < -0.39 is 0 Å². The first-order valence-electron chi connectivity index (χ1n) is 7.70. The molecule has 3 N–H and O–H groups in total. The lowest BCUT2D eigenvalue weighted by molar-refractivity contribution is 0.0936. The van der Waals surface area contributed by atoms with Crippen molar-refractivity contribution in [1.29, 1.82) is 0 Å². The fourth-order valence-corrected chi connectivity index (χ4v) is 3.29. The fourth-order valence-electron chi connectivity index (χ4n) is 3.29. The van der Waals surface area contributed by atoms with E-state index in [1.54, 1.807) is 10.7 Å². The predicted octanol–water partition coefficient (Wildman–Crippen LogP) is 1.83. The van der Waals surface area contributed by atoms with Crippen LogP contribution in [0.2, 0.25) is 0 Å². The van der Waals surface area contributed by atoms with E-state index in [-0.39, 0.29) is 5.91 Å². The normalized spacial score (nSPS) is 22.3. The second-order valence-corrected chi connectivity index (χ2v) is 5.84. The zero-order valence-electron chi connectivity index (χ0n) is 12.2. The van der Waals surface area contributed by atoms with Gasteiger partial charge in [0.25, 0.3) is 5.91 Å². The molecule has 2 heterocycles. The SMILES string of the molecule is NCC1CCCCC1CNC(=O)c1cnn2ccccc12. The molecule has 5 heteroatoms. The van der Waals surface area contributed by atoms with Crippen LogP contribution in [0.15, 0.2) is 30.6 Å². The lowest BCUT2D eigenvalue weighted by atomic mass is 9.79. The molecule has 2 aromatic rings. The molecule has 112 valence electrons. The summed E-state index contributed by atoms with van der Waals surface area (Å²) in [5, 5.41) is 7.26. The molecule has 2 atom stereocenters. The topological polar surface area (TPSA) is 72.4 Å². The van der Waals surface area contributed by atoms with Crippen molar-refractivity contribution in [2.24, 2.45) is 17.6 Å². The number of nitrogens with zero attached hydrogens (tertiary/aromatic N) is 2. The second-order valence-electron chi connectivity index (χ2n) is 5.84. The second kappa shape index (κ2) is 6.26. The molecular weight excluding hydrogens is 264 g/mol. The van der Waals surface area contributed by atoms with Crippen molar-refractivity contribution in [3.8, 4) is 0 Å². The summed E-state index contributed by atoms with van der Waals surface area (Å²) >= 11 is 0. The summed E-state index contributed by atoms with van der Waals surface area (Å²) in [6.45, 7) is 1.43. The molecular formula is C16H22N4O. The van der Waals surface area contributed by atoms with Crippen molar-refractivity contribution in [3.05, 3.63) is 36.2 Å². The molecule has 0 aromatic carbocycles. The van der Waals surface area contributed by atoms with Crippen molar-refractivity contribution in [2.45, 2.75) is 25.7 Å². The van der Waals surface area contributed by atoms with Crippen LogP contribution >= 0.6 is 0 Å². The first kappa shape index (κ1) is 14.1. The molecule has 1 amide bonds. The molecule has 2 unspecified atom stereocenters. The van der Waals surface area contributed by atoms with Crippen LogP contribution in [-0.2, 0) is 0 Å². The molecule has 2 aromatic heterocycles. The largest absolute Gasteiger partial charge is 0.352 e. The first-order valence-corrected chi connectivity index (χ1v) is 7.70. The Balaban J connectivity index is 1.66. The molecule has 0 aliphatic heterocycles. The summed E-state index contributed by atoms with van der Waals surface area (Å²) in [7, 11) is 0. The summed E-state index contributed by atoms with van der Waals surface area (Å²) in [4.78, 5) is 12.4. The monoisotopic (exact) mass is 286 g/mol. The zero-order chi connectivity index (χ0) is 14.7. The highest BCUT2D eigenvalue weighted by atomic mass is 16.1. The van der Waals surface area contributed by atoms with Crippen molar-refractivity contribution < 1.29 is 4.79 Å². The van der Waals surface area contributed by atoms with Gasteiger partial charge in [-0.3, -0.25) is 4.79 Å². The van der Waals surface area contributed by atoms with Gasteiger partial charge in [-0.1, -0.05) is 18.9 Å². The summed E-state index contributed by atoms with van der Waals surface area (Å²) in [6, 6.07) is 5.72. The number of aromatic nitrogens is 2. The average Bonchev–Trinajstić information content (AvgIpc) is 2.97. The summed E-state index contributed by atoms with van der Waals surface area (Å²) in [6.07, 6.45) is 8.34. The Morgan fingerprint density at radius 2 is 2.14 bits per heavy atom. The Bertz CT molecular complexity index is 622. The van der Waals surface area contributed by atoms with Gasteiger partial charge in [-0.15, -0.1) is 0 Å². The molecule has 1 fully saturated rings. The highest BCUT2D eigenvalue weighted by molar-refractivity contribution is 6.00. The Morgan fingerprint density at radius 1 is 1.33 bits per heavy atom. The van der Waals surface area contributed by atoms with Gasteiger partial charge in [0.2, 0.25) is 0 Å². The fraction of sp³-hybridized carbons (Fsp3) is 0.500. The molecule has 0 saturated heterocycles. The minimum absolute atomic E-state index is 0.0439. The van der Waals surface area contributed by atoms with Gasteiger partial charge in [0, 0.05) is 12.7 Å². The van der Waals surface area contributed by atoms with Crippen LogP contribution in [0.5, 0.6) is 0 Å². The molecule has 1 saturated carbocycles. The van der Waals surface area contributed by atoms with E-state index in [1.165, 1.54) is 19.3 Å². The minimum Gasteiger partial charge on any atom is -0.352 e. The number of carbonyl (C=O) groups is 1. The van der Waals surface area contributed by atoms with Gasteiger partial charge < -0.3 is 11.1 Å². The predicted molar refractivity (Wildman–Crippen MR) is 82.0 cm³/mol. The number of nitrogens with one attached hydrogen (secondary N) is 1. The third-order valence-electron chi connectivity index (χ3n) is 4.57. The molecule has 1 aliphatic rings. The average molecular weight is 286 g/mol. The van der Waals surface area contributed by atoms with Crippen LogP contribution in [0.4, 0.5) is 0 Å². The van der Waals surface area contributed by atoms with E-state index in [2.05, 4.69) is 10.4 Å². The molecule has 0 radical (unpaired) electrons. The Kier molecular flexibility index (Phi) is 4.20. The van der Waals surface area contributed by atoms with Crippen LogP contribution in [-0.4, -0.2) is 28.6 Å². The molecule has 0 bridgehead atoms.